The lowest BCUT2D eigenvalue weighted by molar-refractivity contribution is 1.18. The highest BCUT2D eigenvalue weighted by atomic mass is 14.9. The summed E-state index contributed by atoms with van der Waals surface area (Å²) in [5, 5.41) is 11.3. The normalized spacial score (nSPS) is 11.4. The summed E-state index contributed by atoms with van der Waals surface area (Å²) in [5.41, 5.74) is 13.9. The Balaban J connectivity index is 1.06. The molecule has 8 aromatic carbocycles. The molecule has 264 valence electrons. The lowest BCUT2D eigenvalue weighted by Crippen LogP contribution is -1.98. The Morgan fingerprint density at radius 2 is 0.857 bits per heavy atom. The molecule has 0 spiro atoms. The van der Waals surface area contributed by atoms with Crippen molar-refractivity contribution in [3.63, 3.8) is 0 Å². The SMILES string of the molecule is N=C(/C=C(/c1ccccc1)c1cccc2ccc(-c3ccc(-c4cccc(-c5nc(-c6ccccc6)cc(-c6ccccc6)n5)c4)cc3)cc12)c1ccccc1. The quantitative estimate of drug-likeness (QED) is 0.151. The summed E-state index contributed by atoms with van der Waals surface area (Å²) in [6.07, 6.45) is 2.00. The van der Waals surface area contributed by atoms with Crippen LogP contribution >= 0.6 is 0 Å². The highest BCUT2D eigenvalue weighted by Gasteiger charge is 2.14. The minimum Gasteiger partial charge on any atom is -0.300 e. The summed E-state index contributed by atoms with van der Waals surface area (Å²) in [6.45, 7) is 0. The second-order valence-corrected chi connectivity index (χ2v) is 13.8. The Kier molecular flexibility index (Phi) is 9.47. The monoisotopic (exact) mass is 715 g/mol. The lowest BCUT2D eigenvalue weighted by atomic mass is 9.90. The van der Waals surface area contributed by atoms with Crippen molar-refractivity contribution in [3.8, 4) is 56.2 Å². The molecule has 3 heteroatoms. The Morgan fingerprint density at radius 1 is 0.375 bits per heavy atom. The van der Waals surface area contributed by atoms with Gasteiger partial charge < -0.3 is 5.41 Å². The maximum atomic E-state index is 9.00. The van der Waals surface area contributed by atoms with Gasteiger partial charge in [0.25, 0.3) is 0 Å². The molecule has 9 rings (SSSR count). The molecule has 0 fully saturated rings. The summed E-state index contributed by atoms with van der Waals surface area (Å²) in [4.78, 5) is 10.1. The van der Waals surface area contributed by atoms with E-state index < -0.39 is 0 Å². The molecule has 1 heterocycles. The van der Waals surface area contributed by atoms with Gasteiger partial charge in [-0.1, -0.05) is 194 Å². The van der Waals surface area contributed by atoms with Gasteiger partial charge in [0, 0.05) is 16.7 Å². The minimum absolute atomic E-state index is 0.476. The molecular weight excluding hydrogens is 679 g/mol. The topological polar surface area (TPSA) is 49.6 Å². The Bertz CT molecular complexity index is 2770. The smallest absolute Gasteiger partial charge is 0.160 e. The zero-order chi connectivity index (χ0) is 37.7. The molecule has 0 unspecified atom stereocenters. The van der Waals surface area contributed by atoms with E-state index in [2.05, 4.69) is 140 Å². The van der Waals surface area contributed by atoms with Crippen LogP contribution in [0.15, 0.2) is 218 Å². The highest BCUT2D eigenvalue weighted by Crippen LogP contribution is 2.35. The fraction of sp³-hybridized carbons (Fsp3) is 0. The van der Waals surface area contributed by atoms with Gasteiger partial charge in [0.1, 0.15) is 0 Å². The number of nitrogens with zero attached hydrogens (tertiary/aromatic N) is 2. The molecule has 3 nitrogen and oxygen atoms in total. The zero-order valence-electron chi connectivity index (χ0n) is 30.7. The largest absolute Gasteiger partial charge is 0.300 e. The molecule has 1 aromatic heterocycles. The first kappa shape index (κ1) is 34.3. The van der Waals surface area contributed by atoms with Gasteiger partial charge in [0.15, 0.2) is 5.82 Å². The van der Waals surface area contributed by atoms with Gasteiger partial charge in [-0.05, 0) is 79.6 Å². The van der Waals surface area contributed by atoms with E-state index in [0.717, 1.165) is 83.4 Å². The van der Waals surface area contributed by atoms with E-state index in [1.54, 1.807) is 0 Å². The molecule has 0 radical (unpaired) electrons. The van der Waals surface area contributed by atoms with E-state index in [0.29, 0.717) is 11.5 Å². The van der Waals surface area contributed by atoms with E-state index in [9.17, 15) is 0 Å². The molecule has 0 bridgehead atoms. The van der Waals surface area contributed by atoms with Crippen LogP contribution in [0.5, 0.6) is 0 Å². The molecule has 0 aliphatic rings. The standard InChI is InChI=1S/C53H37N3/c54-50(41-17-7-2-8-18-41)35-49(39-15-5-1-6-16-39)47-26-14-23-40-31-32-45(34-48(40)47)38-29-27-37(28-30-38)44-24-13-25-46(33-44)53-55-51(42-19-9-3-10-20-42)36-52(56-53)43-21-11-4-12-22-43/h1-36,54H/b49-35-,54-50?. The minimum atomic E-state index is 0.476. The second kappa shape index (κ2) is 15.5. The van der Waals surface area contributed by atoms with Crippen molar-refractivity contribution >= 4 is 22.1 Å². The van der Waals surface area contributed by atoms with Gasteiger partial charge in [0.2, 0.25) is 0 Å². The molecule has 56 heavy (non-hydrogen) atoms. The number of hydrogen-bond acceptors (Lipinski definition) is 3. The van der Waals surface area contributed by atoms with Crippen molar-refractivity contribution in [2.75, 3.05) is 0 Å². The van der Waals surface area contributed by atoms with Gasteiger partial charge in [-0.3, -0.25) is 0 Å². The van der Waals surface area contributed by atoms with Crippen LogP contribution in [0.25, 0.3) is 72.5 Å². The third kappa shape index (κ3) is 7.22. The van der Waals surface area contributed by atoms with E-state index in [1.165, 1.54) is 0 Å². The van der Waals surface area contributed by atoms with E-state index in [4.69, 9.17) is 15.4 Å². The number of aromatic nitrogens is 2. The average Bonchev–Trinajstić information content (AvgIpc) is 3.29. The van der Waals surface area contributed by atoms with Crippen LogP contribution < -0.4 is 0 Å². The molecule has 0 atom stereocenters. The van der Waals surface area contributed by atoms with Crippen molar-refractivity contribution in [1.29, 1.82) is 5.41 Å². The Hall–Kier alpha value is -7.49. The summed E-state index contributed by atoms with van der Waals surface area (Å²) in [5.74, 6) is 0.693. The van der Waals surface area contributed by atoms with E-state index in [1.807, 2.05) is 78.9 Å². The lowest BCUT2D eigenvalue weighted by Gasteiger charge is -2.14. The number of benzene rings is 8. The zero-order valence-corrected chi connectivity index (χ0v) is 30.7. The van der Waals surface area contributed by atoms with Crippen LogP contribution in [0.3, 0.4) is 0 Å². The molecule has 0 aliphatic carbocycles. The predicted octanol–water partition coefficient (Wildman–Crippen LogP) is 13.5. The number of hydrogen-bond donors (Lipinski definition) is 1. The molecule has 1 N–H and O–H groups in total. The van der Waals surface area contributed by atoms with Gasteiger partial charge in [-0.25, -0.2) is 9.97 Å². The van der Waals surface area contributed by atoms with Crippen LogP contribution in [0.4, 0.5) is 0 Å². The highest BCUT2D eigenvalue weighted by molar-refractivity contribution is 6.13. The first-order chi connectivity index (χ1) is 27.7. The number of allylic oxidation sites excluding steroid dienone is 1. The summed E-state index contributed by atoms with van der Waals surface area (Å²) in [6, 6.07) is 73.3. The number of fused-ring (bicyclic) bond motifs is 1. The van der Waals surface area contributed by atoms with Gasteiger partial charge in [-0.15, -0.1) is 0 Å². The van der Waals surface area contributed by atoms with Crippen molar-refractivity contribution < 1.29 is 0 Å². The molecule has 9 aromatic rings. The van der Waals surface area contributed by atoms with Gasteiger partial charge >= 0.3 is 0 Å². The molecular formula is C53H37N3. The van der Waals surface area contributed by atoms with Crippen molar-refractivity contribution in [1.82, 2.24) is 9.97 Å². The molecule has 0 aliphatic heterocycles. The van der Waals surface area contributed by atoms with Gasteiger partial charge in [-0.2, -0.15) is 0 Å². The second-order valence-electron chi connectivity index (χ2n) is 13.8. The Morgan fingerprint density at radius 3 is 1.46 bits per heavy atom. The van der Waals surface area contributed by atoms with Crippen LogP contribution in [-0.4, -0.2) is 15.7 Å². The van der Waals surface area contributed by atoms with Crippen molar-refractivity contribution in [2.24, 2.45) is 0 Å². The van der Waals surface area contributed by atoms with Crippen LogP contribution in [0.2, 0.25) is 0 Å². The fourth-order valence-corrected chi connectivity index (χ4v) is 7.25. The van der Waals surface area contributed by atoms with E-state index >= 15 is 0 Å². The molecule has 0 amide bonds. The average molecular weight is 716 g/mol. The first-order valence-electron chi connectivity index (χ1n) is 18.8. The predicted molar refractivity (Wildman–Crippen MR) is 234 cm³/mol. The van der Waals surface area contributed by atoms with Crippen molar-refractivity contribution in [2.45, 2.75) is 0 Å². The fourth-order valence-electron chi connectivity index (χ4n) is 7.25. The third-order valence-corrected chi connectivity index (χ3v) is 10.2. The van der Waals surface area contributed by atoms with Crippen LogP contribution in [0, 0.1) is 5.41 Å². The maximum Gasteiger partial charge on any atom is 0.160 e. The van der Waals surface area contributed by atoms with E-state index in [-0.39, 0.29) is 0 Å². The number of rotatable bonds is 9. The molecule has 0 saturated carbocycles. The van der Waals surface area contributed by atoms with Crippen molar-refractivity contribution in [3.05, 3.63) is 235 Å². The molecule has 0 saturated heterocycles. The summed E-state index contributed by atoms with van der Waals surface area (Å²) >= 11 is 0. The summed E-state index contributed by atoms with van der Waals surface area (Å²) < 4.78 is 0. The van der Waals surface area contributed by atoms with Crippen LogP contribution in [-0.2, 0) is 0 Å². The maximum absolute atomic E-state index is 9.00. The van der Waals surface area contributed by atoms with Crippen LogP contribution in [0.1, 0.15) is 16.7 Å². The van der Waals surface area contributed by atoms with Gasteiger partial charge in [0.05, 0.1) is 17.1 Å². The first-order valence-corrected chi connectivity index (χ1v) is 18.8. The summed E-state index contributed by atoms with van der Waals surface area (Å²) in [7, 11) is 0. The number of nitrogens with one attached hydrogen (secondary N) is 1. The Labute approximate surface area is 327 Å². The third-order valence-electron chi connectivity index (χ3n) is 10.2.